The van der Waals surface area contributed by atoms with Gasteiger partial charge in [-0.05, 0) is 19.4 Å². The Kier molecular flexibility index (Phi) is 4.09. The number of sulfone groups is 1. The number of amides is 1. The number of carbonyl (C=O) groups excluding carboxylic acids is 1. The molecule has 1 atom stereocenters. The van der Waals surface area contributed by atoms with Crippen molar-refractivity contribution in [1.29, 1.82) is 0 Å². The highest BCUT2D eigenvalue weighted by atomic mass is 32.2. The lowest BCUT2D eigenvalue weighted by molar-refractivity contribution is -0.118. The first-order chi connectivity index (χ1) is 7.29. The number of hydrogen-bond donors (Lipinski definition) is 2. The van der Waals surface area contributed by atoms with E-state index in [4.69, 9.17) is 0 Å². The van der Waals surface area contributed by atoms with Gasteiger partial charge < -0.3 is 10.6 Å². The van der Waals surface area contributed by atoms with Crippen molar-refractivity contribution in [2.24, 2.45) is 0 Å². The normalized spacial score (nSPS) is 17.6. The van der Waals surface area contributed by atoms with E-state index in [0.717, 1.165) is 24.9 Å². The van der Waals surface area contributed by atoms with E-state index in [-0.39, 0.29) is 17.7 Å². The first-order valence-corrected chi connectivity index (χ1v) is 7.23. The summed E-state index contributed by atoms with van der Waals surface area (Å²) in [5.41, 5.74) is 1.78. The molecule has 1 heterocycles. The van der Waals surface area contributed by atoms with Crippen LogP contribution in [0.3, 0.4) is 0 Å². The van der Waals surface area contributed by atoms with Gasteiger partial charge in [0.05, 0.1) is 5.75 Å². The molecule has 6 heteroatoms. The van der Waals surface area contributed by atoms with Gasteiger partial charge in [0.15, 0.2) is 0 Å². The topological polar surface area (TPSA) is 75.3 Å². The molecule has 0 aromatic rings. The van der Waals surface area contributed by atoms with Crippen LogP contribution in [0.15, 0.2) is 11.1 Å². The van der Waals surface area contributed by atoms with Crippen molar-refractivity contribution in [3.8, 4) is 0 Å². The lowest BCUT2D eigenvalue weighted by atomic mass is 10.0. The first kappa shape index (κ1) is 13.2. The molecule has 2 N–H and O–H groups in total. The summed E-state index contributed by atoms with van der Waals surface area (Å²) < 4.78 is 22.0. The first-order valence-electron chi connectivity index (χ1n) is 5.17. The second-order valence-electron chi connectivity index (χ2n) is 4.30. The summed E-state index contributed by atoms with van der Waals surface area (Å²) in [4.78, 5) is 11.7. The summed E-state index contributed by atoms with van der Waals surface area (Å²) in [7, 11) is -3.05. The standard InChI is InChI=1S/C10H18N2O3S/c1-7(6-16(3,14)15)12-10(13)8(2)9-4-11-5-9/h7,11H,4-6H2,1-3H3,(H,12,13). The molecular weight excluding hydrogens is 228 g/mol. The van der Waals surface area contributed by atoms with Crippen LogP contribution in [0.4, 0.5) is 0 Å². The van der Waals surface area contributed by atoms with Crippen LogP contribution in [0.25, 0.3) is 0 Å². The second kappa shape index (κ2) is 4.97. The van der Waals surface area contributed by atoms with Crippen molar-refractivity contribution in [2.75, 3.05) is 25.1 Å². The number of hydrogen-bond acceptors (Lipinski definition) is 4. The van der Waals surface area contributed by atoms with E-state index in [2.05, 4.69) is 10.6 Å². The molecule has 0 saturated carbocycles. The minimum Gasteiger partial charge on any atom is -0.349 e. The van der Waals surface area contributed by atoms with E-state index in [0.29, 0.717) is 5.57 Å². The molecule has 0 spiro atoms. The zero-order valence-electron chi connectivity index (χ0n) is 9.83. The molecule has 16 heavy (non-hydrogen) atoms. The quantitative estimate of drug-likeness (QED) is 0.653. The minimum absolute atomic E-state index is 0.0282. The van der Waals surface area contributed by atoms with Gasteiger partial charge in [0.2, 0.25) is 5.91 Å². The molecule has 1 fully saturated rings. The van der Waals surface area contributed by atoms with Gasteiger partial charge in [-0.1, -0.05) is 0 Å². The molecule has 0 bridgehead atoms. The summed E-state index contributed by atoms with van der Waals surface area (Å²) in [6.45, 7) is 4.95. The van der Waals surface area contributed by atoms with Crippen molar-refractivity contribution < 1.29 is 13.2 Å². The Hall–Kier alpha value is -0.880. The molecule has 1 aliphatic heterocycles. The average molecular weight is 246 g/mol. The Bertz CT molecular complexity index is 406. The molecule has 0 radical (unpaired) electrons. The van der Waals surface area contributed by atoms with Crippen LogP contribution in [0.5, 0.6) is 0 Å². The summed E-state index contributed by atoms with van der Waals surface area (Å²) in [6, 6.07) is -0.355. The fourth-order valence-electron chi connectivity index (χ4n) is 1.50. The Morgan fingerprint density at radius 1 is 1.50 bits per heavy atom. The number of carbonyl (C=O) groups is 1. The van der Waals surface area contributed by atoms with Crippen molar-refractivity contribution in [3.63, 3.8) is 0 Å². The van der Waals surface area contributed by atoms with Crippen molar-refractivity contribution in [1.82, 2.24) is 10.6 Å². The highest BCUT2D eigenvalue weighted by Gasteiger charge is 2.18. The van der Waals surface area contributed by atoms with Gasteiger partial charge in [0.1, 0.15) is 9.84 Å². The third-order valence-electron chi connectivity index (χ3n) is 2.48. The van der Waals surface area contributed by atoms with Gasteiger partial charge in [-0.25, -0.2) is 8.42 Å². The molecule has 92 valence electrons. The fraction of sp³-hybridized carbons (Fsp3) is 0.700. The SMILES string of the molecule is CC(C(=O)NC(C)CS(C)(=O)=O)=C1CNC1. The van der Waals surface area contributed by atoms with Crippen molar-refractivity contribution >= 4 is 15.7 Å². The van der Waals surface area contributed by atoms with Crippen LogP contribution in [0.2, 0.25) is 0 Å². The Labute approximate surface area is 96.2 Å². The summed E-state index contributed by atoms with van der Waals surface area (Å²) >= 11 is 0. The van der Waals surface area contributed by atoms with E-state index < -0.39 is 9.84 Å². The predicted octanol–water partition coefficient (Wildman–Crippen LogP) is -0.545. The molecule has 0 aromatic carbocycles. The van der Waals surface area contributed by atoms with E-state index >= 15 is 0 Å². The molecule has 0 aliphatic carbocycles. The van der Waals surface area contributed by atoms with Crippen LogP contribution in [-0.4, -0.2) is 45.5 Å². The lowest BCUT2D eigenvalue weighted by Gasteiger charge is -2.22. The van der Waals surface area contributed by atoms with Crippen LogP contribution in [0, 0.1) is 0 Å². The maximum atomic E-state index is 11.7. The number of nitrogens with one attached hydrogen (secondary N) is 2. The van der Waals surface area contributed by atoms with Crippen molar-refractivity contribution in [3.05, 3.63) is 11.1 Å². The fourth-order valence-corrected chi connectivity index (χ4v) is 2.50. The van der Waals surface area contributed by atoms with Crippen LogP contribution < -0.4 is 10.6 Å². The molecule has 1 aliphatic rings. The molecule has 1 rings (SSSR count). The molecule has 1 saturated heterocycles. The molecule has 0 aromatic heterocycles. The Morgan fingerprint density at radius 3 is 2.44 bits per heavy atom. The number of rotatable bonds is 4. The van der Waals surface area contributed by atoms with E-state index in [1.807, 2.05) is 0 Å². The second-order valence-corrected chi connectivity index (χ2v) is 6.48. The van der Waals surface area contributed by atoms with Gasteiger partial charge in [-0.15, -0.1) is 0 Å². The summed E-state index contributed by atoms with van der Waals surface area (Å²) in [5, 5.41) is 5.74. The lowest BCUT2D eigenvalue weighted by Crippen LogP contribution is -2.41. The van der Waals surface area contributed by atoms with Crippen LogP contribution >= 0.6 is 0 Å². The summed E-state index contributed by atoms with van der Waals surface area (Å²) in [6.07, 6.45) is 1.16. The van der Waals surface area contributed by atoms with Gasteiger partial charge >= 0.3 is 0 Å². The van der Waals surface area contributed by atoms with E-state index in [1.54, 1.807) is 13.8 Å². The highest BCUT2D eigenvalue weighted by molar-refractivity contribution is 7.90. The van der Waals surface area contributed by atoms with Crippen LogP contribution in [0.1, 0.15) is 13.8 Å². The third-order valence-corrected chi connectivity index (χ3v) is 3.58. The predicted molar refractivity (Wildman–Crippen MR) is 62.9 cm³/mol. The summed E-state index contributed by atoms with van der Waals surface area (Å²) in [5.74, 6) is -0.202. The monoisotopic (exact) mass is 246 g/mol. The third kappa shape index (κ3) is 3.94. The highest BCUT2D eigenvalue weighted by Crippen LogP contribution is 2.08. The van der Waals surface area contributed by atoms with Crippen LogP contribution in [-0.2, 0) is 14.6 Å². The average Bonchev–Trinajstić information content (AvgIpc) is 1.96. The molecule has 5 nitrogen and oxygen atoms in total. The van der Waals surface area contributed by atoms with Gasteiger partial charge in [-0.3, -0.25) is 4.79 Å². The van der Waals surface area contributed by atoms with Gasteiger partial charge in [0, 0.05) is 31.0 Å². The van der Waals surface area contributed by atoms with Crippen molar-refractivity contribution in [2.45, 2.75) is 19.9 Å². The van der Waals surface area contributed by atoms with E-state index in [1.165, 1.54) is 0 Å². The van der Waals surface area contributed by atoms with Gasteiger partial charge in [-0.2, -0.15) is 0 Å². The molecular formula is C10H18N2O3S. The van der Waals surface area contributed by atoms with E-state index in [9.17, 15) is 13.2 Å². The minimum atomic E-state index is -3.05. The zero-order valence-corrected chi connectivity index (χ0v) is 10.6. The van der Waals surface area contributed by atoms with Gasteiger partial charge in [0.25, 0.3) is 0 Å². The smallest absolute Gasteiger partial charge is 0.247 e. The molecule has 1 unspecified atom stereocenters. The maximum Gasteiger partial charge on any atom is 0.247 e. The Morgan fingerprint density at radius 2 is 2.06 bits per heavy atom. The molecule has 1 amide bonds. The Balaban J connectivity index is 2.51. The maximum absolute atomic E-state index is 11.7. The largest absolute Gasteiger partial charge is 0.349 e. The zero-order chi connectivity index (χ0) is 12.3.